The summed E-state index contributed by atoms with van der Waals surface area (Å²) in [6.07, 6.45) is 3.97. The maximum atomic E-state index is 12.7. The molecule has 9 heteroatoms. The highest BCUT2D eigenvalue weighted by Gasteiger charge is 2.49. The van der Waals surface area contributed by atoms with Crippen molar-refractivity contribution in [2.45, 2.75) is 58.4 Å². The molecule has 188 valence electrons. The lowest BCUT2D eigenvalue weighted by Crippen LogP contribution is -2.57. The molecular weight excluding hydrogens is 438 g/mol. The van der Waals surface area contributed by atoms with Crippen molar-refractivity contribution in [1.29, 1.82) is 0 Å². The van der Waals surface area contributed by atoms with Crippen LogP contribution >= 0.6 is 0 Å². The zero-order chi connectivity index (χ0) is 24.5. The van der Waals surface area contributed by atoms with Gasteiger partial charge < -0.3 is 19.7 Å². The minimum absolute atomic E-state index is 0.0270. The number of hydrogen-bond acceptors (Lipinski definition) is 7. The number of amides is 2. The van der Waals surface area contributed by atoms with Crippen LogP contribution in [0.1, 0.15) is 52.4 Å². The van der Waals surface area contributed by atoms with Gasteiger partial charge in [0, 0.05) is 51.9 Å². The molecule has 2 aliphatic carbocycles. The van der Waals surface area contributed by atoms with E-state index in [1.54, 1.807) is 11.8 Å². The van der Waals surface area contributed by atoms with Crippen molar-refractivity contribution < 1.29 is 28.7 Å². The second kappa shape index (κ2) is 12.7. The third kappa shape index (κ3) is 7.73. The van der Waals surface area contributed by atoms with Gasteiger partial charge in [-0.15, -0.1) is 11.8 Å². The fourth-order valence-electron chi connectivity index (χ4n) is 5.00. The van der Waals surface area contributed by atoms with Crippen molar-refractivity contribution in [3.63, 3.8) is 0 Å². The molecule has 34 heavy (non-hydrogen) atoms. The van der Waals surface area contributed by atoms with Gasteiger partial charge in [0.2, 0.25) is 5.91 Å². The van der Waals surface area contributed by atoms with Crippen LogP contribution in [-0.4, -0.2) is 85.5 Å². The number of nitrogens with one attached hydrogen (secondary N) is 1. The topological polar surface area (TPSA) is 105 Å². The Morgan fingerprint density at radius 2 is 1.71 bits per heavy atom. The summed E-state index contributed by atoms with van der Waals surface area (Å²) in [5, 5.41) is 2.68. The molecule has 2 amide bonds. The molecule has 9 nitrogen and oxygen atoms in total. The maximum absolute atomic E-state index is 12.7. The van der Waals surface area contributed by atoms with E-state index in [1.165, 1.54) is 6.92 Å². The Balaban J connectivity index is 1.36. The molecule has 4 atom stereocenters. The number of nitrogens with zero attached hydrogens (tertiary/aromatic N) is 2. The Kier molecular flexibility index (Phi) is 9.75. The van der Waals surface area contributed by atoms with Crippen molar-refractivity contribution in [1.82, 2.24) is 15.1 Å². The van der Waals surface area contributed by atoms with E-state index in [-0.39, 0.29) is 56.2 Å². The Bertz CT molecular complexity index is 801. The number of carbonyl (C=O) groups is 4. The summed E-state index contributed by atoms with van der Waals surface area (Å²) in [5.41, 5.74) is 0. The van der Waals surface area contributed by atoms with E-state index in [1.807, 2.05) is 4.90 Å². The summed E-state index contributed by atoms with van der Waals surface area (Å²) < 4.78 is 10.7. The van der Waals surface area contributed by atoms with Gasteiger partial charge in [-0.3, -0.25) is 19.3 Å². The summed E-state index contributed by atoms with van der Waals surface area (Å²) in [4.78, 5) is 51.6. The number of esters is 1. The molecule has 0 spiro atoms. The number of piperazine rings is 1. The standard InChI is InChI=1S/C25H37N3O6/c1-3-24(31)33-16-19-15-28(13-12-27(19)14-18(2)29)23(30)10-11-26-25(32)34-17-22-20-8-6-4-5-7-9-21(20)22/h19-22H,3,6-17H2,1-2H3,(H,26,32)/t19?,20-,21+,22?. The van der Waals surface area contributed by atoms with Gasteiger partial charge in [-0.05, 0) is 37.5 Å². The highest BCUT2D eigenvalue weighted by molar-refractivity contribution is 5.78. The minimum Gasteiger partial charge on any atom is -0.464 e. The summed E-state index contributed by atoms with van der Waals surface area (Å²) in [7, 11) is 0. The molecule has 0 radical (unpaired) electrons. The molecule has 0 bridgehead atoms. The normalized spacial score (nSPS) is 26.1. The predicted molar refractivity (Wildman–Crippen MR) is 125 cm³/mol. The molecular formula is C25H37N3O6. The van der Waals surface area contributed by atoms with E-state index in [4.69, 9.17) is 9.47 Å². The van der Waals surface area contributed by atoms with Crippen molar-refractivity contribution in [2.24, 2.45) is 17.8 Å². The van der Waals surface area contributed by atoms with Gasteiger partial charge in [0.05, 0.1) is 19.2 Å². The van der Waals surface area contributed by atoms with Crippen molar-refractivity contribution in [2.75, 3.05) is 45.9 Å². The van der Waals surface area contributed by atoms with Gasteiger partial charge in [0.1, 0.15) is 12.4 Å². The van der Waals surface area contributed by atoms with Crippen LogP contribution in [0.25, 0.3) is 0 Å². The van der Waals surface area contributed by atoms with Crippen molar-refractivity contribution in [3.05, 3.63) is 0 Å². The minimum atomic E-state index is -0.487. The van der Waals surface area contributed by atoms with Gasteiger partial charge in [-0.1, -0.05) is 6.92 Å². The van der Waals surface area contributed by atoms with E-state index in [9.17, 15) is 19.2 Å². The number of fused-ring (bicyclic) bond motifs is 1. The zero-order valence-electron chi connectivity index (χ0n) is 20.3. The molecule has 0 aromatic carbocycles. The third-order valence-electron chi connectivity index (χ3n) is 6.96. The Hall–Kier alpha value is -2.60. The number of Topliss-reactive ketones (excluding diaryl/α,β-unsaturated/α-hetero) is 1. The van der Waals surface area contributed by atoms with E-state index < -0.39 is 6.09 Å². The lowest BCUT2D eigenvalue weighted by atomic mass is 10.1. The Morgan fingerprint density at radius 1 is 1.00 bits per heavy atom. The van der Waals surface area contributed by atoms with Gasteiger partial charge in [-0.2, -0.15) is 0 Å². The molecule has 1 N–H and O–H groups in total. The molecule has 3 aliphatic rings. The fraction of sp³-hybridized carbons (Fsp3) is 0.760. The van der Waals surface area contributed by atoms with Gasteiger partial charge >= 0.3 is 12.1 Å². The van der Waals surface area contributed by atoms with E-state index in [2.05, 4.69) is 17.2 Å². The molecule has 0 aromatic heterocycles. The van der Waals surface area contributed by atoms with Gasteiger partial charge in [-0.25, -0.2) is 4.79 Å². The summed E-state index contributed by atoms with van der Waals surface area (Å²) in [5.74, 6) is 7.66. The molecule has 2 fully saturated rings. The van der Waals surface area contributed by atoms with Crippen LogP contribution < -0.4 is 5.32 Å². The average molecular weight is 476 g/mol. The highest BCUT2D eigenvalue weighted by atomic mass is 16.5. The van der Waals surface area contributed by atoms with Crippen molar-refractivity contribution >= 4 is 23.8 Å². The Morgan fingerprint density at radius 3 is 2.35 bits per heavy atom. The SMILES string of the molecule is CCC(=O)OCC1CN(C(=O)CCNC(=O)OCC2[C@H]3CCC#CCC[C@@H]23)CCN1CC(C)=O. The fourth-order valence-corrected chi connectivity index (χ4v) is 5.00. The van der Waals surface area contributed by atoms with Crippen molar-refractivity contribution in [3.8, 4) is 11.8 Å². The summed E-state index contributed by atoms with van der Waals surface area (Å²) in [6.45, 7) is 5.67. The van der Waals surface area contributed by atoms with Crippen LogP contribution in [0, 0.1) is 29.6 Å². The zero-order valence-corrected chi connectivity index (χ0v) is 20.3. The number of hydrogen-bond donors (Lipinski definition) is 1. The predicted octanol–water partition coefficient (Wildman–Crippen LogP) is 1.60. The number of ether oxygens (including phenoxy) is 2. The van der Waals surface area contributed by atoms with Crippen LogP contribution in [0.3, 0.4) is 0 Å². The third-order valence-corrected chi connectivity index (χ3v) is 6.96. The highest BCUT2D eigenvalue weighted by Crippen LogP contribution is 2.52. The first-order valence-electron chi connectivity index (χ1n) is 12.4. The second-order valence-electron chi connectivity index (χ2n) is 9.40. The first-order chi connectivity index (χ1) is 16.4. The van der Waals surface area contributed by atoms with Crippen LogP contribution in [0.4, 0.5) is 4.79 Å². The molecule has 1 saturated heterocycles. The average Bonchev–Trinajstić information content (AvgIpc) is 3.45. The van der Waals surface area contributed by atoms with Crippen LogP contribution in [0.15, 0.2) is 0 Å². The van der Waals surface area contributed by atoms with E-state index in [0.29, 0.717) is 44.0 Å². The van der Waals surface area contributed by atoms with Gasteiger partial charge in [0.15, 0.2) is 0 Å². The largest absolute Gasteiger partial charge is 0.464 e. The molecule has 0 aromatic rings. The first kappa shape index (κ1) is 26.0. The van der Waals surface area contributed by atoms with Crippen LogP contribution in [0.5, 0.6) is 0 Å². The smallest absolute Gasteiger partial charge is 0.407 e. The molecule has 3 rings (SSSR count). The molecule has 1 aliphatic heterocycles. The Labute approximate surface area is 201 Å². The lowest BCUT2D eigenvalue weighted by molar-refractivity contribution is -0.147. The molecule has 1 heterocycles. The van der Waals surface area contributed by atoms with Crippen LogP contribution in [0.2, 0.25) is 0 Å². The van der Waals surface area contributed by atoms with E-state index in [0.717, 1.165) is 25.7 Å². The number of carbonyl (C=O) groups excluding carboxylic acids is 4. The van der Waals surface area contributed by atoms with Crippen LogP contribution in [-0.2, 0) is 23.9 Å². The number of rotatable bonds is 10. The maximum Gasteiger partial charge on any atom is 0.407 e. The summed E-state index contributed by atoms with van der Waals surface area (Å²) >= 11 is 0. The number of alkyl carbamates (subject to hydrolysis) is 1. The quantitative estimate of drug-likeness (QED) is 0.378. The molecule has 2 unspecified atom stereocenters. The molecule has 1 saturated carbocycles. The lowest BCUT2D eigenvalue weighted by Gasteiger charge is -2.40. The first-order valence-corrected chi connectivity index (χ1v) is 12.4. The summed E-state index contributed by atoms with van der Waals surface area (Å²) in [6, 6.07) is -0.226. The van der Waals surface area contributed by atoms with E-state index >= 15 is 0 Å². The second-order valence-corrected chi connectivity index (χ2v) is 9.40. The van der Waals surface area contributed by atoms with Gasteiger partial charge in [0.25, 0.3) is 0 Å². The number of ketones is 1. The monoisotopic (exact) mass is 475 g/mol.